The van der Waals surface area contributed by atoms with Gasteiger partial charge in [-0.15, -0.1) is 0 Å². The SMILES string of the molecule is Cc1cn2c(nc1=O)O[C@@H]1C[C@@H]2O[C@H]1CO. The van der Waals surface area contributed by atoms with Gasteiger partial charge in [-0.25, -0.2) is 0 Å². The van der Waals surface area contributed by atoms with E-state index in [1.807, 2.05) is 0 Å². The van der Waals surface area contributed by atoms with Crippen LogP contribution in [0.5, 0.6) is 6.01 Å². The Labute approximate surface area is 91.4 Å². The van der Waals surface area contributed by atoms with Crippen LogP contribution in [0, 0.1) is 6.92 Å². The molecule has 2 aliphatic heterocycles. The number of nitrogens with zero attached hydrogens (tertiary/aromatic N) is 2. The quantitative estimate of drug-likeness (QED) is 0.702. The molecule has 1 aromatic rings. The number of aliphatic hydroxyl groups excluding tert-OH is 1. The molecule has 0 amide bonds. The van der Waals surface area contributed by atoms with Gasteiger partial charge in [0.2, 0.25) is 0 Å². The first-order valence-electron chi connectivity index (χ1n) is 5.22. The lowest BCUT2D eigenvalue weighted by Crippen LogP contribution is -2.33. The van der Waals surface area contributed by atoms with Crippen LogP contribution in [-0.2, 0) is 4.74 Å². The number of ether oxygens (including phenoxy) is 2. The van der Waals surface area contributed by atoms with Crippen LogP contribution in [0.1, 0.15) is 18.2 Å². The predicted molar refractivity (Wildman–Crippen MR) is 53.3 cm³/mol. The minimum absolute atomic E-state index is 0.0844. The molecule has 1 N–H and O–H groups in total. The van der Waals surface area contributed by atoms with Crippen LogP contribution < -0.4 is 10.3 Å². The smallest absolute Gasteiger partial charge is 0.302 e. The highest BCUT2D eigenvalue weighted by Crippen LogP contribution is 2.37. The molecule has 6 heteroatoms. The maximum Gasteiger partial charge on any atom is 0.302 e. The van der Waals surface area contributed by atoms with Gasteiger partial charge in [0.15, 0.2) is 0 Å². The summed E-state index contributed by atoms with van der Waals surface area (Å²) in [4.78, 5) is 15.2. The van der Waals surface area contributed by atoms with Gasteiger partial charge in [0.25, 0.3) is 5.56 Å². The zero-order valence-electron chi connectivity index (χ0n) is 8.79. The molecule has 3 atom stereocenters. The van der Waals surface area contributed by atoms with Gasteiger partial charge >= 0.3 is 6.01 Å². The van der Waals surface area contributed by atoms with Gasteiger partial charge in [0, 0.05) is 18.2 Å². The number of hydrogen-bond acceptors (Lipinski definition) is 5. The summed E-state index contributed by atoms with van der Waals surface area (Å²) in [5.74, 6) is 0. The van der Waals surface area contributed by atoms with Gasteiger partial charge < -0.3 is 14.6 Å². The lowest BCUT2D eigenvalue weighted by atomic mass is 10.1. The summed E-state index contributed by atoms with van der Waals surface area (Å²) >= 11 is 0. The summed E-state index contributed by atoms with van der Waals surface area (Å²) in [6, 6.07) is 0.285. The Balaban J connectivity index is 2.06. The molecule has 6 nitrogen and oxygen atoms in total. The third-order valence-electron chi connectivity index (χ3n) is 3.02. The van der Waals surface area contributed by atoms with Crippen molar-refractivity contribution in [1.29, 1.82) is 0 Å². The zero-order valence-corrected chi connectivity index (χ0v) is 8.79. The fraction of sp³-hybridized carbons (Fsp3) is 0.600. The average Bonchev–Trinajstić information content (AvgIpc) is 2.60. The van der Waals surface area contributed by atoms with E-state index in [9.17, 15) is 4.79 Å². The van der Waals surface area contributed by atoms with E-state index >= 15 is 0 Å². The number of fused-ring (bicyclic) bond motifs is 4. The molecule has 1 aromatic heterocycles. The molecule has 0 aliphatic carbocycles. The Morgan fingerprint density at radius 1 is 1.69 bits per heavy atom. The Morgan fingerprint density at radius 3 is 3.25 bits per heavy atom. The maximum absolute atomic E-state index is 11.4. The molecule has 86 valence electrons. The van der Waals surface area contributed by atoms with Crippen molar-refractivity contribution in [2.75, 3.05) is 6.61 Å². The Morgan fingerprint density at radius 2 is 2.50 bits per heavy atom. The fourth-order valence-electron chi connectivity index (χ4n) is 2.14. The van der Waals surface area contributed by atoms with E-state index < -0.39 is 0 Å². The van der Waals surface area contributed by atoms with E-state index in [1.165, 1.54) is 0 Å². The molecule has 0 spiro atoms. The number of hydrogen-bond donors (Lipinski definition) is 1. The van der Waals surface area contributed by atoms with Crippen LogP contribution in [0.25, 0.3) is 0 Å². The standard InChI is InChI=1S/C10H12N2O4/c1-5-3-12-8-2-6(7(4-13)15-8)16-10(12)11-9(5)14/h3,6-8,13H,2,4H2,1H3/t6-,7+,8+/m1/s1. The first-order valence-corrected chi connectivity index (χ1v) is 5.22. The molecule has 3 rings (SSSR count). The molecule has 0 unspecified atom stereocenters. The van der Waals surface area contributed by atoms with E-state index in [0.29, 0.717) is 12.0 Å². The van der Waals surface area contributed by atoms with Crippen molar-refractivity contribution >= 4 is 0 Å². The van der Waals surface area contributed by atoms with E-state index in [4.69, 9.17) is 14.6 Å². The summed E-state index contributed by atoms with van der Waals surface area (Å²) in [6.07, 6.45) is 1.65. The van der Waals surface area contributed by atoms with Crippen LogP contribution in [-0.4, -0.2) is 33.5 Å². The van der Waals surface area contributed by atoms with Gasteiger partial charge in [-0.1, -0.05) is 0 Å². The molecule has 3 heterocycles. The second kappa shape index (κ2) is 3.29. The van der Waals surface area contributed by atoms with Crippen LogP contribution in [0.4, 0.5) is 0 Å². The molecule has 16 heavy (non-hydrogen) atoms. The number of aliphatic hydroxyl groups is 1. The van der Waals surface area contributed by atoms with Crippen LogP contribution in [0.15, 0.2) is 11.0 Å². The van der Waals surface area contributed by atoms with Crippen molar-refractivity contribution in [1.82, 2.24) is 9.55 Å². The zero-order chi connectivity index (χ0) is 11.3. The van der Waals surface area contributed by atoms with Gasteiger partial charge in [-0.05, 0) is 6.92 Å². The lowest BCUT2D eigenvalue weighted by molar-refractivity contribution is -0.0247. The third kappa shape index (κ3) is 1.27. The molecule has 0 saturated carbocycles. The first-order chi connectivity index (χ1) is 7.69. The maximum atomic E-state index is 11.4. The summed E-state index contributed by atoms with van der Waals surface area (Å²) in [6.45, 7) is 1.62. The van der Waals surface area contributed by atoms with Crippen LogP contribution >= 0.6 is 0 Å². The molecule has 0 radical (unpaired) electrons. The summed E-state index contributed by atoms with van der Waals surface area (Å²) in [7, 11) is 0. The molecular weight excluding hydrogens is 212 g/mol. The second-order valence-electron chi connectivity index (χ2n) is 4.12. The first kappa shape index (κ1) is 9.80. The Hall–Kier alpha value is -1.40. The summed E-state index contributed by atoms with van der Waals surface area (Å²) < 4.78 is 12.8. The van der Waals surface area contributed by atoms with Crippen molar-refractivity contribution < 1.29 is 14.6 Å². The Bertz CT molecular complexity index is 484. The highest BCUT2D eigenvalue weighted by molar-refractivity contribution is 5.12. The largest absolute Gasteiger partial charge is 0.458 e. The normalized spacial score (nSPS) is 31.0. The van der Waals surface area contributed by atoms with Crippen molar-refractivity contribution in [2.24, 2.45) is 0 Å². The molecule has 1 fully saturated rings. The highest BCUT2D eigenvalue weighted by Gasteiger charge is 2.42. The van der Waals surface area contributed by atoms with Gasteiger partial charge in [-0.2, -0.15) is 4.98 Å². The van der Waals surface area contributed by atoms with Gasteiger partial charge in [0.1, 0.15) is 18.4 Å². The van der Waals surface area contributed by atoms with Gasteiger partial charge in [0.05, 0.1) is 6.61 Å². The summed E-state index contributed by atoms with van der Waals surface area (Å²) in [5.41, 5.74) is 0.273. The van der Waals surface area contributed by atoms with Crippen molar-refractivity contribution in [2.45, 2.75) is 31.8 Å². The highest BCUT2D eigenvalue weighted by atomic mass is 16.6. The van der Waals surface area contributed by atoms with E-state index in [1.54, 1.807) is 17.7 Å². The molecule has 1 saturated heterocycles. The van der Waals surface area contributed by atoms with Gasteiger partial charge in [-0.3, -0.25) is 9.36 Å². The third-order valence-corrected chi connectivity index (χ3v) is 3.02. The number of aromatic nitrogens is 2. The fourth-order valence-corrected chi connectivity index (χ4v) is 2.14. The van der Waals surface area contributed by atoms with E-state index in [2.05, 4.69) is 4.98 Å². The molecular formula is C10H12N2O4. The monoisotopic (exact) mass is 224 g/mol. The average molecular weight is 224 g/mol. The van der Waals surface area contributed by atoms with Crippen molar-refractivity contribution in [3.8, 4) is 6.01 Å². The number of aryl methyl sites for hydroxylation is 1. The minimum Gasteiger partial charge on any atom is -0.458 e. The lowest BCUT2D eigenvalue weighted by Gasteiger charge is -2.23. The number of rotatable bonds is 1. The van der Waals surface area contributed by atoms with Crippen LogP contribution in [0.2, 0.25) is 0 Å². The van der Waals surface area contributed by atoms with Crippen molar-refractivity contribution in [3.63, 3.8) is 0 Å². The molecule has 2 aliphatic rings. The molecule has 0 aromatic carbocycles. The molecule has 2 bridgehead atoms. The van der Waals surface area contributed by atoms with E-state index in [0.717, 1.165) is 0 Å². The van der Waals surface area contributed by atoms with E-state index in [-0.39, 0.29) is 36.6 Å². The van der Waals surface area contributed by atoms with Crippen molar-refractivity contribution in [3.05, 3.63) is 22.1 Å². The second-order valence-corrected chi connectivity index (χ2v) is 4.12. The topological polar surface area (TPSA) is 73.6 Å². The predicted octanol–water partition coefficient (Wildman–Crippen LogP) is -0.407. The van der Waals surface area contributed by atoms with Crippen LogP contribution in [0.3, 0.4) is 0 Å². The summed E-state index contributed by atoms with van der Waals surface area (Å²) in [5, 5.41) is 9.10. The Kier molecular flexibility index (Phi) is 2.02. The minimum atomic E-state index is -0.331.